The van der Waals surface area contributed by atoms with Crippen LogP contribution >= 0.6 is 11.3 Å². The minimum Gasteiger partial charge on any atom is -0.353 e. The van der Waals surface area contributed by atoms with Gasteiger partial charge < -0.3 is 10.2 Å². The topological polar surface area (TPSA) is 70.5 Å². The standard InChI is InChI=1S/C25H29N5O2S/c1-17-23(18(2)30(27-17)19-8-4-3-5-9-19)24-25(32)26-12-14-28(24)16-22(31)29-13-6-10-20(29)21-11-7-15-33-21/h3-5,7-9,11,15,20,24H,6,10,12-14,16H2,1-2H3,(H,26,32)/t20-,24-/m0/s1. The molecule has 172 valence electrons. The minimum atomic E-state index is -0.525. The molecule has 4 heterocycles. The molecule has 2 amide bonds. The SMILES string of the molecule is Cc1nn(-c2ccccc2)c(C)c1[C@H]1C(=O)NCCN1CC(=O)N1CCC[C@H]1c1cccs1. The number of aromatic nitrogens is 2. The van der Waals surface area contributed by atoms with Crippen molar-refractivity contribution in [2.24, 2.45) is 0 Å². The number of thiophene rings is 1. The molecule has 0 bridgehead atoms. The van der Waals surface area contributed by atoms with Gasteiger partial charge in [0.2, 0.25) is 11.8 Å². The second kappa shape index (κ2) is 9.11. The average molecular weight is 464 g/mol. The largest absolute Gasteiger partial charge is 0.353 e. The predicted molar refractivity (Wildman–Crippen MR) is 128 cm³/mol. The Bertz CT molecular complexity index is 1140. The van der Waals surface area contributed by atoms with E-state index >= 15 is 0 Å². The molecule has 5 rings (SSSR count). The van der Waals surface area contributed by atoms with Crippen LogP contribution in [0.2, 0.25) is 0 Å². The van der Waals surface area contributed by atoms with Gasteiger partial charge in [0.25, 0.3) is 0 Å². The summed E-state index contributed by atoms with van der Waals surface area (Å²) in [5.41, 5.74) is 3.59. The highest BCUT2D eigenvalue weighted by molar-refractivity contribution is 7.10. The van der Waals surface area contributed by atoms with Gasteiger partial charge in [-0.15, -0.1) is 11.3 Å². The number of benzene rings is 1. The number of para-hydroxylation sites is 1. The third kappa shape index (κ3) is 4.09. The highest BCUT2D eigenvalue weighted by Crippen LogP contribution is 2.35. The number of hydrogen-bond donors (Lipinski definition) is 1. The van der Waals surface area contributed by atoms with Crippen molar-refractivity contribution in [3.8, 4) is 5.69 Å². The summed E-state index contributed by atoms with van der Waals surface area (Å²) in [6.45, 7) is 6.12. The molecule has 0 radical (unpaired) electrons. The van der Waals surface area contributed by atoms with Gasteiger partial charge in [0.05, 0.1) is 24.0 Å². The molecule has 0 aliphatic carbocycles. The zero-order valence-corrected chi connectivity index (χ0v) is 19.8. The zero-order chi connectivity index (χ0) is 22.9. The van der Waals surface area contributed by atoms with Crippen molar-refractivity contribution in [2.75, 3.05) is 26.2 Å². The van der Waals surface area contributed by atoms with Gasteiger partial charge in [0.15, 0.2) is 0 Å². The predicted octanol–water partition coefficient (Wildman–Crippen LogP) is 3.39. The summed E-state index contributed by atoms with van der Waals surface area (Å²) in [4.78, 5) is 31.8. The molecule has 2 aliphatic rings. The summed E-state index contributed by atoms with van der Waals surface area (Å²) < 4.78 is 1.89. The van der Waals surface area contributed by atoms with Crippen molar-refractivity contribution in [1.29, 1.82) is 0 Å². The van der Waals surface area contributed by atoms with E-state index in [1.54, 1.807) is 11.3 Å². The maximum Gasteiger partial charge on any atom is 0.242 e. The van der Waals surface area contributed by atoms with Crippen molar-refractivity contribution in [2.45, 2.75) is 38.8 Å². The lowest BCUT2D eigenvalue weighted by Gasteiger charge is -2.36. The Hall–Kier alpha value is -2.97. The Kier molecular flexibility index (Phi) is 6.03. The summed E-state index contributed by atoms with van der Waals surface area (Å²) in [5, 5.41) is 9.81. The number of piperazine rings is 1. The number of amides is 2. The molecule has 0 spiro atoms. The van der Waals surface area contributed by atoms with Crippen LogP contribution in [0.3, 0.4) is 0 Å². The molecular weight excluding hydrogens is 434 g/mol. The number of nitrogens with one attached hydrogen (secondary N) is 1. The van der Waals surface area contributed by atoms with Crippen molar-refractivity contribution in [3.63, 3.8) is 0 Å². The molecule has 2 aliphatic heterocycles. The second-order valence-corrected chi connectivity index (χ2v) is 9.74. The summed E-state index contributed by atoms with van der Waals surface area (Å²) in [6.07, 6.45) is 2.01. The number of rotatable bonds is 5. The third-order valence-electron chi connectivity index (χ3n) is 6.72. The maximum absolute atomic E-state index is 13.4. The molecule has 8 heteroatoms. The molecule has 1 N–H and O–H groups in total. The van der Waals surface area contributed by atoms with Crippen LogP contribution < -0.4 is 5.32 Å². The van der Waals surface area contributed by atoms with Crippen molar-refractivity contribution in [3.05, 3.63) is 69.7 Å². The maximum atomic E-state index is 13.4. The molecule has 7 nitrogen and oxygen atoms in total. The van der Waals surface area contributed by atoms with Crippen LogP contribution in [0.5, 0.6) is 0 Å². The van der Waals surface area contributed by atoms with E-state index in [1.165, 1.54) is 4.88 Å². The molecule has 0 unspecified atom stereocenters. The van der Waals surface area contributed by atoms with Gasteiger partial charge in [0.1, 0.15) is 6.04 Å². The molecule has 2 atom stereocenters. The fraction of sp³-hybridized carbons (Fsp3) is 0.400. The van der Waals surface area contributed by atoms with Crippen LogP contribution in [0.25, 0.3) is 5.69 Å². The van der Waals surface area contributed by atoms with Crippen LogP contribution in [0, 0.1) is 13.8 Å². The first-order valence-electron chi connectivity index (χ1n) is 11.5. The molecule has 33 heavy (non-hydrogen) atoms. The summed E-state index contributed by atoms with van der Waals surface area (Å²) in [6, 6.07) is 13.7. The lowest BCUT2D eigenvalue weighted by atomic mass is 10.00. The normalized spacial score (nSPS) is 21.4. The molecule has 2 aromatic heterocycles. The van der Waals surface area contributed by atoms with E-state index in [4.69, 9.17) is 5.10 Å². The summed E-state index contributed by atoms with van der Waals surface area (Å²) >= 11 is 1.71. The van der Waals surface area contributed by atoms with E-state index in [9.17, 15) is 9.59 Å². The van der Waals surface area contributed by atoms with Gasteiger partial charge in [-0.25, -0.2) is 4.68 Å². The monoisotopic (exact) mass is 463 g/mol. The molecule has 1 aromatic carbocycles. The molecule has 0 saturated carbocycles. The summed E-state index contributed by atoms with van der Waals surface area (Å²) in [5.74, 6) is 0.0282. The molecule has 3 aromatic rings. The first-order chi connectivity index (χ1) is 16.0. The fourth-order valence-corrected chi connectivity index (χ4v) is 6.05. The third-order valence-corrected chi connectivity index (χ3v) is 7.69. The van der Waals surface area contributed by atoms with Gasteiger partial charge in [0, 0.05) is 35.8 Å². The van der Waals surface area contributed by atoms with Crippen molar-refractivity contribution in [1.82, 2.24) is 24.9 Å². The zero-order valence-electron chi connectivity index (χ0n) is 19.0. The minimum absolute atomic E-state index is 0.0657. The van der Waals surface area contributed by atoms with Gasteiger partial charge >= 0.3 is 0 Å². The quantitative estimate of drug-likeness (QED) is 0.630. The van der Waals surface area contributed by atoms with Crippen LogP contribution in [0.15, 0.2) is 47.8 Å². The van der Waals surface area contributed by atoms with Crippen LogP contribution in [-0.4, -0.2) is 57.6 Å². The van der Waals surface area contributed by atoms with E-state index in [0.717, 1.165) is 42.0 Å². The van der Waals surface area contributed by atoms with E-state index in [-0.39, 0.29) is 24.4 Å². The van der Waals surface area contributed by atoms with Crippen LogP contribution in [0.4, 0.5) is 0 Å². The molecule has 2 fully saturated rings. The first kappa shape index (κ1) is 21.9. The Morgan fingerprint density at radius 1 is 1.15 bits per heavy atom. The average Bonchev–Trinajstić information content (AvgIpc) is 3.56. The van der Waals surface area contributed by atoms with Gasteiger partial charge in [-0.3, -0.25) is 14.5 Å². The highest BCUT2D eigenvalue weighted by Gasteiger charge is 2.38. The Morgan fingerprint density at radius 2 is 1.97 bits per heavy atom. The fourth-order valence-electron chi connectivity index (χ4n) is 5.18. The van der Waals surface area contributed by atoms with Crippen molar-refractivity contribution < 1.29 is 9.59 Å². The number of carbonyl (C=O) groups is 2. The Morgan fingerprint density at radius 3 is 2.73 bits per heavy atom. The van der Waals surface area contributed by atoms with E-state index in [1.807, 2.05) is 64.7 Å². The van der Waals surface area contributed by atoms with E-state index in [0.29, 0.717) is 13.1 Å². The lowest BCUT2D eigenvalue weighted by Crippen LogP contribution is -2.53. The number of likely N-dealkylation sites (tertiary alicyclic amines) is 1. The Balaban J connectivity index is 1.42. The second-order valence-electron chi connectivity index (χ2n) is 8.76. The number of hydrogen-bond acceptors (Lipinski definition) is 5. The van der Waals surface area contributed by atoms with Crippen LogP contribution in [-0.2, 0) is 9.59 Å². The van der Waals surface area contributed by atoms with E-state index in [2.05, 4.69) is 16.8 Å². The van der Waals surface area contributed by atoms with Crippen molar-refractivity contribution >= 4 is 23.2 Å². The Labute approximate surface area is 198 Å². The lowest BCUT2D eigenvalue weighted by molar-refractivity contribution is -0.137. The van der Waals surface area contributed by atoms with E-state index < -0.39 is 6.04 Å². The molecular formula is C25H29N5O2S. The van der Waals surface area contributed by atoms with Gasteiger partial charge in [-0.2, -0.15) is 5.10 Å². The number of aryl methyl sites for hydroxylation is 1. The smallest absolute Gasteiger partial charge is 0.242 e. The van der Waals surface area contributed by atoms with Crippen LogP contribution in [0.1, 0.15) is 46.8 Å². The van der Waals surface area contributed by atoms with Gasteiger partial charge in [-0.1, -0.05) is 24.3 Å². The first-order valence-corrected chi connectivity index (χ1v) is 12.4. The van der Waals surface area contributed by atoms with Gasteiger partial charge in [-0.05, 0) is 50.3 Å². The number of carbonyl (C=O) groups excluding carboxylic acids is 2. The highest BCUT2D eigenvalue weighted by atomic mass is 32.1. The summed E-state index contributed by atoms with van der Waals surface area (Å²) in [7, 11) is 0. The number of nitrogens with zero attached hydrogens (tertiary/aromatic N) is 4. The molecule has 2 saturated heterocycles.